The number of amides is 1. The number of sulfonamides is 1. The molecule has 8 heteroatoms. The molecule has 1 aromatic rings. The Labute approximate surface area is 128 Å². The third-order valence-electron chi connectivity index (χ3n) is 3.55. The number of primary sulfonamides is 1. The van der Waals surface area contributed by atoms with Gasteiger partial charge in [0.1, 0.15) is 4.90 Å². The predicted molar refractivity (Wildman–Crippen MR) is 78.8 cm³/mol. The van der Waals surface area contributed by atoms with E-state index in [9.17, 15) is 13.2 Å². The molecular formula is C13H17ClN2O4S. The van der Waals surface area contributed by atoms with Crippen LogP contribution in [0.4, 0.5) is 0 Å². The van der Waals surface area contributed by atoms with E-state index in [1.54, 1.807) is 20.1 Å². The van der Waals surface area contributed by atoms with Crippen LogP contribution in [-0.2, 0) is 14.8 Å². The standard InChI is InChI=1S/C13H17ClN2O4S/c1-7-3-8(4-11(12(7)14)21(15,18)19)13(17)16-9-5-10(6-9)20-2/h3-4,9-10H,5-6H2,1-2H3,(H,16,17)(H2,15,18,19). The molecular weight excluding hydrogens is 316 g/mol. The van der Waals surface area contributed by atoms with Crippen molar-refractivity contribution in [2.45, 2.75) is 36.8 Å². The molecule has 2 rings (SSSR count). The lowest BCUT2D eigenvalue weighted by Crippen LogP contribution is -2.47. The lowest BCUT2D eigenvalue weighted by molar-refractivity contribution is 0.0176. The molecule has 1 amide bonds. The first kappa shape index (κ1) is 16.2. The van der Waals surface area contributed by atoms with Crippen LogP contribution in [0.3, 0.4) is 0 Å². The molecule has 0 aliphatic heterocycles. The number of rotatable bonds is 4. The van der Waals surface area contributed by atoms with Crippen molar-refractivity contribution < 1.29 is 17.9 Å². The van der Waals surface area contributed by atoms with Gasteiger partial charge >= 0.3 is 0 Å². The Bertz CT molecular complexity index is 669. The maximum atomic E-state index is 12.2. The van der Waals surface area contributed by atoms with Crippen molar-refractivity contribution in [3.63, 3.8) is 0 Å². The summed E-state index contributed by atoms with van der Waals surface area (Å²) >= 11 is 5.93. The van der Waals surface area contributed by atoms with E-state index in [2.05, 4.69) is 5.32 Å². The van der Waals surface area contributed by atoms with Crippen molar-refractivity contribution in [1.29, 1.82) is 0 Å². The second kappa shape index (κ2) is 5.92. The normalized spacial score (nSPS) is 21.7. The fourth-order valence-electron chi connectivity index (χ4n) is 2.22. The number of methoxy groups -OCH3 is 1. The van der Waals surface area contributed by atoms with Crippen molar-refractivity contribution in [3.8, 4) is 0 Å². The van der Waals surface area contributed by atoms with Crippen LogP contribution in [-0.4, -0.2) is 33.6 Å². The zero-order valence-electron chi connectivity index (χ0n) is 11.7. The van der Waals surface area contributed by atoms with Gasteiger partial charge in [-0.2, -0.15) is 0 Å². The molecule has 0 heterocycles. The van der Waals surface area contributed by atoms with Crippen molar-refractivity contribution in [2.24, 2.45) is 5.14 Å². The van der Waals surface area contributed by atoms with E-state index >= 15 is 0 Å². The van der Waals surface area contributed by atoms with Crippen LogP contribution in [0.1, 0.15) is 28.8 Å². The molecule has 0 atom stereocenters. The van der Waals surface area contributed by atoms with Gasteiger partial charge in [0.15, 0.2) is 0 Å². The number of hydrogen-bond donors (Lipinski definition) is 2. The van der Waals surface area contributed by atoms with Crippen LogP contribution >= 0.6 is 11.6 Å². The summed E-state index contributed by atoms with van der Waals surface area (Å²) in [7, 11) is -2.35. The van der Waals surface area contributed by atoms with Crippen LogP contribution in [0.5, 0.6) is 0 Å². The Hall–Kier alpha value is -1.15. The average molecular weight is 333 g/mol. The quantitative estimate of drug-likeness (QED) is 0.865. The molecule has 0 bridgehead atoms. The maximum Gasteiger partial charge on any atom is 0.251 e. The smallest absolute Gasteiger partial charge is 0.251 e. The van der Waals surface area contributed by atoms with E-state index in [1.807, 2.05) is 0 Å². The van der Waals surface area contributed by atoms with Crippen LogP contribution < -0.4 is 10.5 Å². The largest absolute Gasteiger partial charge is 0.381 e. The van der Waals surface area contributed by atoms with E-state index in [0.717, 1.165) is 12.8 Å². The number of nitrogens with two attached hydrogens (primary N) is 1. The third kappa shape index (κ3) is 3.55. The Morgan fingerprint density at radius 1 is 1.43 bits per heavy atom. The molecule has 1 aliphatic carbocycles. The zero-order valence-corrected chi connectivity index (χ0v) is 13.3. The highest BCUT2D eigenvalue weighted by Crippen LogP contribution is 2.27. The maximum absolute atomic E-state index is 12.2. The van der Waals surface area contributed by atoms with Crippen LogP contribution in [0.25, 0.3) is 0 Å². The number of benzene rings is 1. The summed E-state index contributed by atoms with van der Waals surface area (Å²) in [5, 5.41) is 7.97. The summed E-state index contributed by atoms with van der Waals surface area (Å²) in [5.41, 5.74) is 0.707. The van der Waals surface area contributed by atoms with Gasteiger partial charge in [-0.15, -0.1) is 0 Å². The fourth-order valence-corrected chi connectivity index (χ4v) is 3.35. The van der Waals surface area contributed by atoms with Crippen molar-refractivity contribution in [3.05, 3.63) is 28.3 Å². The topological polar surface area (TPSA) is 98.5 Å². The van der Waals surface area contributed by atoms with Gasteiger partial charge in [-0.3, -0.25) is 4.79 Å². The predicted octanol–water partition coefficient (Wildman–Crippen LogP) is 1.20. The molecule has 6 nitrogen and oxygen atoms in total. The van der Waals surface area contributed by atoms with E-state index in [1.165, 1.54) is 6.07 Å². The molecule has 0 saturated heterocycles. The Kier molecular flexibility index (Phi) is 4.57. The third-order valence-corrected chi connectivity index (χ3v) is 5.10. The highest BCUT2D eigenvalue weighted by molar-refractivity contribution is 7.89. The van der Waals surface area contributed by atoms with E-state index in [4.69, 9.17) is 21.5 Å². The van der Waals surface area contributed by atoms with Crippen LogP contribution in [0.2, 0.25) is 5.02 Å². The number of carbonyl (C=O) groups is 1. The molecule has 3 N–H and O–H groups in total. The summed E-state index contributed by atoms with van der Waals surface area (Å²) in [5.74, 6) is -0.348. The monoisotopic (exact) mass is 332 g/mol. The average Bonchev–Trinajstić information content (AvgIpc) is 2.34. The molecule has 1 aromatic carbocycles. The van der Waals surface area contributed by atoms with Gasteiger partial charge in [-0.25, -0.2) is 13.6 Å². The van der Waals surface area contributed by atoms with Gasteiger partial charge in [0, 0.05) is 18.7 Å². The highest BCUT2D eigenvalue weighted by Gasteiger charge is 2.30. The number of halogens is 1. The Morgan fingerprint density at radius 2 is 2.05 bits per heavy atom. The van der Waals surface area contributed by atoms with E-state index in [0.29, 0.717) is 5.56 Å². The minimum Gasteiger partial charge on any atom is -0.381 e. The van der Waals surface area contributed by atoms with Crippen LogP contribution in [0, 0.1) is 6.92 Å². The second-order valence-corrected chi connectivity index (χ2v) is 7.06. The number of carbonyl (C=O) groups excluding carboxylic acids is 1. The van der Waals surface area contributed by atoms with Gasteiger partial charge in [-0.05, 0) is 37.5 Å². The summed E-state index contributed by atoms with van der Waals surface area (Å²) in [6.07, 6.45) is 1.66. The van der Waals surface area contributed by atoms with Gasteiger partial charge in [0.25, 0.3) is 5.91 Å². The first-order valence-corrected chi connectivity index (χ1v) is 8.31. The van der Waals surface area contributed by atoms with Gasteiger partial charge in [0.2, 0.25) is 10.0 Å². The summed E-state index contributed by atoms with van der Waals surface area (Å²) in [6.45, 7) is 1.62. The molecule has 116 valence electrons. The summed E-state index contributed by atoms with van der Waals surface area (Å²) in [4.78, 5) is 11.9. The zero-order chi connectivity index (χ0) is 15.8. The molecule has 1 saturated carbocycles. The number of nitrogens with one attached hydrogen (secondary N) is 1. The van der Waals surface area contributed by atoms with Gasteiger partial charge < -0.3 is 10.1 Å². The lowest BCUT2D eigenvalue weighted by atomic mass is 9.89. The molecule has 0 radical (unpaired) electrons. The van der Waals surface area contributed by atoms with Crippen molar-refractivity contribution >= 4 is 27.5 Å². The first-order chi connectivity index (χ1) is 9.72. The molecule has 0 aromatic heterocycles. The SMILES string of the molecule is COC1CC(NC(=O)c2cc(C)c(Cl)c(S(N)(=O)=O)c2)C1. The lowest BCUT2D eigenvalue weighted by Gasteiger charge is -2.34. The molecule has 21 heavy (non-hydrogen) atoms. The van der Waals surface area contributed by atoms with Crippen molar-refractivity contribution in [2.75, 3.05) is 7.11 Å². The van der Waals surface area contributed by atoms with E-state index < -0.39 is 10.0 Å². The molecule has 1 fully saturated rings. The Balaban J connectivity index is 2.20. The number of ether oxygens (including phenoxy) is 1. The molecule has 1 aliphatic rings. The summed E-state index contributed by atoms with van der Waals surface area (Å²) < 4.78 is 28.1. The minimum atomic E-state index is -3.98. The molecule has 0 unspecified atom stereocenters. The molecule has 0 spiro atoms. The first-order valence-electron chi connectivity index (χ1n) is 6.39. The Morgan fingerprint density at radius 3 is 2.57 bits per heavy atom. The fraction of sp³-hybridized carbons (Fsp3) is 0.462. The number of aryl methyl sites for hydroxylation is 1. The van der Waals surface area contributed by atoms with Crippen LogP contribution in [0.15, 0.2) is 17.0 Å². The minimum absolute atomic E-state index is 0.0383. The number of hydrogen-bond acceptors (Lipinski definition) is 4. The van der Waals surface area contributed by atoms with E-state index in [-0.39, 0.29) is 33.5 Å². The van der Waals surface area contributed by atoms with Crippen molar-refractivity contribution in [1.82, 2.24) is 5.32 Å². The highest BCUT2D eigenvalue weighted by atomic mass is 35.5. The van der Waals surface area contributed by atoms with Gasteiger partial charge in [-0.1, -0.05) is 11.6 Å². The van der Waals surface area contributed by atoms with Gasteiger partial charge in [0.05, 0.1) is 11.1 Å². The summed E-state index contributed by atoms with van der Waals surface area (Å²) in [6, 6.07) is 2.78. The second-order valence-electron chi connectivity index (χ2n) is 5.15.